The lowest BCUT2D eigenvalue weighted by Gasteiger charge is -2.10. The fourth-order valence-corrected chi connectivity index (χ4v) is 2.91. The number of hydrogen-bond acceptors (Lipinski definition) is 3. The highest BCUT2D eigenvalue weighted by Crippen LogP contribution is 2.24. The van der Waals surface area contributed by atoms with E-state index in [2.05, 4.69) is 32.6 Å². The van der Waals surface area contributed by atoms with E-state index in [1.54, 1.807) is 12.1 Å². The van der Waals surface area contributed by atoms with Crippen LogP contribution in [-0.2, 0) is 10.0 Å². The minimum absolute atomic E-state index is 0.0304. The second-order valence-corrected chi connectivity index (χ2v) is 6.89. The molecule has 0 fully saturated rings. The molecule has 0 saturated carbocycles. The van der Waals surface area contributed by atoms with Crippen molar-refractivity contribution in [2.75, 3.05) is 23.6 Å². The Hall–Kier alpha value is -0.0500. The van der Waals surface area contributed by atoms with Gasteiger partial charge in [0.15, 0.2) is 0 Å². The molecular formula is C10H14ClIN2O2S. The first kappa shape index (κ1) is 15.0. The average Bonchev–Trinajstić information content (AvgIpc) is 2.23. The molecule has 2 N–H and O–H groups in total. The van der Waals surface area contributed by atoms with Crippen LogP contribution in [0.3, 0.4) is 0 Å². The highest BCUT2D eigenvalue weighted by molar-refractivity contribution is 14.1. The predicted molar refractivity (Wildman–Crippen MR) is 80.1 cm³/mol. The summed E-state index contributed by atoms with van der Waals surface area (Å²) >= 11 is 8.02. The van der Waals surface area contributed by atoms with Crippen LogP contribution in [0.1, 0.15) is 6.92 Å². The largest absolute Gasteiger partial charge is 0.316 e. The third-order valence-corrected chi connectivity index (χ3v) is 4.26. The van der Waals surface area contributed by atoms with Gasteiger partial charge in [-0.3, -0.25) is 4.72 Å². The third-order valence-electron chi connectivity index (χ3n) is 1.99. The van der Waals surface area contributed by atoms with E-state index in [4.69, 9.17) is 11.6 Å². The van der Waals surface area contributed by atoms with Gasteiger partial charge < -0.3 is 5.32 Å². The Labute approximate surface area is 120 Å². The zero-order chi connectivity index (χ0) is 12.9. The molecule has 0 heterocycles. The van der Waals surface area contributed by atoms with Gasteiger partial charge in [-0.05, 0) is 47.3 Å². The van der Waals surface area contributed by atoms with Crippen molar-refractivity contribution in [3.63, 3.8) is 0 Å². The van der Waals surface area contributed by atoms with Gasteiger partial charge in [-0.2, -0.15) is 0 Å². The number of nitrogens with one attached hydrogen (secondary N) is 2. The quantitative estimate of drug-likeness (QED) is 0.581. The van der Waals surface area contributed by atoms with Gasteiger partial charge in [0.1, 0.15) is 0 Å². The Morgan fingerprint density at radius 2 is 2.12 bits per heavy atom. The van der Waals surface area contributed by atoms with Gasteiger partial charge in [-0.1, -0.05) is 18.5 Å². The van der Waals surface area contributed by atoms with E-state index in [-0.39, 0.29) is 5.75 Å². The van der Waals surface area contributed by atoms with Crippen molar-refractivity contribution in [2.45, 2.75) is 6.92 Å². The molecule has 0 radical (unpaired) electrons. The van der Waals surface area contributed by atoms with Gasteiger partial charge in [0.25, 0.3) is 0 Å². The van der Waals surface area contributed by atoms with Crippen molar-refractivity contribution in [3.05, 3.63) is 26.8 Å². The summed E-state index contributed by atoms with van der Waals surface area (Å²) in [6.07, 6.45) is 0. The summed E-state index contributed by atoms with van der Waals surface area (Å²) in [5.74, 6) is 0.0304. The van der Waals surface area contributed by atoms with Gasteiger partial charge in [0, 0.05) is 10.1 Å². The van der Waals surface area contributed by atoms with Crippen LogP contribution in [0.5, 0.6) is 0 Å². The lowest BCUT2D eigenvalue weighted by Crippen LogP contribution is -2.26. The fraction of sp³-hybridized carbons (Fsp3) is 0.400. The van der Waals surface area contributed by atoms with E-state index in [1.807, 2.05) is 13.0 Å². The van der Waals surface area contributed by atoms with Crippen LogP contribution >= 0.6 is 34.2 Å². The maximum Gasteiger partial charge on any atom is 0.234 e. The lowest BCUT2D eigenvalue weighted by molar-refractivity contribution is 0.597. The molecular weight excluding hydrogens is 375 g/mol. The molecule has 0 aromatic heterocycles. The normalized spacial score (nSPS) is 11.5. The summed E-state index contributed by atoms with van der Waals surface area (Å²) in [6.45, 7) is 3.10. The maximum atomic E-state index is 11.7. The van der Waals surface area contributed by atoms with Crippen LogP contribution in [0.25, 0.3) is 0 Å². The molecule has 0 bridgehead atoms. The van der Waals surface area contributed by atoms with Crippen LogP contribution in [0.4, 0.5) is 5.69 Å². The van der Waals surface area contributed by atoms with E-state index < -0.39 is 10.0 Å². The highest BCUT2D eigenvalue weighted by Gasteiger charge is 2.12. The standard InChI is InChI=1S/C10H14ClIN2O2S/c1-2-13-5-6-17(15,16)14-10-7-8(12)3-4-9(10)11/h3-4,7,13-14H,2,5-6H2,1H3. The van der Waals surface area contributed by atoms with E-state index >= 15 is 0 Å². The van der Waals surface area contributed by atoms with Crippen LogP contribution < -0.4 is 10.0 Å². The van der Waals surface area contributed by atoms with Crippen molar-refractivity contribution in [1.29, 1.82) is 0 Å². The monoisotopic (exact) mass is 388 g/mol. The van der Waals surface area contributed by atoms with E-state index in [9.17, 15) is 8.42 Å². The van der Waals surface area contributed by atoms with Gasteiger partial charge in [-0.25, -0.2) is 8.42 Å². The molecule has 7 heteroatoms. The number of hydrogen-bond donors (Lipinski definition) is 2. The first-order valence-corrected chi connectivity index (χ1v) is 8.22. The van der Waals surface area contributed by atoms with Gasteiger partial charge in [0.05, 0.1) is 16.5 Å². The molecule has 0 unspecified atom stereocenters. The molecule has 4 nitrogen and oxygen atoms in total. The molecule has 17 heavy (non-hydrogen) atoms. The molecule has 0 aliphatic heterocycles. The first-order valence-electron chi connectivity index (χ1n) is 5.11. The lowest BCUT2D eigenvalue weighted by atomic mass is 10.3. The molecule has 1 aromatic carbocycles. The zero-order valence-corrected chi connectivity index (χ0v) is 13.1. The predicted octanol–water partition coefficient (Wildman–Crippen LogP) is 2.30. The van der Waals surface area contributed by atoms with Crippen molar-refractivity contribution in [3.8, 4) is 0 Å². The van der Waals surface area contributed by atoms with E-state index in [0.717, 1.165) is 10.1 Å². The van der Waals surface area contributed by atoms with Crippen molar-refractivity contribution >= 4 is 49.9 Å². The zero-order valence-electron chi connectivity index (χ0n) is 9.33. The Morgan fingerprint density at radius 1 is 1.41 bits per heavy atom. The van der Waals surface area contributed by atoms with Crippen LogP contribution in [-0.4, -0.2) is 27.3 Å². The molecule has 1 aromatic rings. The minimum atomic E-state index is -3.35. The highest BCUT2D eigenvalue weighted by atomic mass is 127. The van der Waals surface area contributed by atoms with Crippen LogP contribution in [0.2, 0.25) is 5.02 Å². The number of anilines is 1. The van der Waals surface area contributed by atoms with Crippen molar-refractivity contribution in [2.24, 2.45) is 0 Å². The van der Waals surface area contributed by atoms with Gasteiger partial charge in [0.2, 0.25) is 10.0 Å². The Kier molecular flexibility index (Phi) is 5.98. The number of halogens is 2. The minimum Gasteiger partial charge on any atom is -0.316 e. The fourth-order valence-electron chi connectivity index (χ4n) is 1.18. The van der Waals surface area contributed by atoms with Crippen molar-refractivity contribution < 1.29 is 8.42 Å². The Balaban J connectivity index is 2.72. The van der Waals surface area contributed by atoms with Crippen LogP contribution in [0.15, 0.2) is 18.2 Å². The molecule has 0 aliphatic carbocycles. The van der Waals surface area contributed by atoms with E-state index in [1.165, 1.54) is 0 Å². The Bertz CT molecular complexity index is 479. The van der Waals surface area contributed by atoms with Crippen molar-refractivity contribution in [1.82, 2.24) is 5.32 Å². The molecule has 96 valence electrons. The molecule has 0 atom stereocenters. The summed E-state index contributed by atoms with van der Waals surface area (Å²) in [7, 11) is -3.35. The van der Waals surface area contributed by atoms with E-state index in [0.29, 0.717) is 17.3 Å². The van der Waals surface area contributed by atoms with Gasteiger partial charge >= 0.3 is 0 Å². The molecule has 0 spiro atoms. The summed E-state index contributed by atoms with van der Waals surface area (Å²) in [4.78, 5) is 0. The smallest absolute Gasteiger partial charge is 0.234 e. The van der Waals surface area contributed by atoms with Gasteiger partial charge in [-0.15, -0.1) is 0 Å². The summed E-state index contributed by atoms with van der Waals surface area (Å²) < 4.78 is 26.9. The molecule has 1 rings (SSSR count). The maximum absolute atomic E-state index is 11.7. The number of benzene rings is 1. The number of rotatable bonds is 6. The SMILES string of the molecule is CCNCCS(=O)(=O)Nc1cc(I)ccc1Cl. The summed E-state index contributed by atoms with van der Waals surface area (Å²) in [6, 6.07) is 5.19. The topological polar surface area (TPSA) is 58.2 Å². The second-order valence-electron chi connectivity index (χ2n) is 3.40. The number of sulfonamides is 1. The molecule has 0 amide bonds. The van der Waals surface area contributed by atoms with Crippen LogP contribution in [0, 0.1) is 3.57 Å². The summed E-state index contributed by atoms with van der Waals surface area (Å²) in [5, 5.41) is 3.36. The Morgan fingerprint density at radius 3 is 2.76 bits per heavy atom. The third kappa shape index (κ3) is 5.41. The second kappa shape index (κ2) is 6.77. The molecule has 0 aliphatic rings. The molecule has 0 saturated heterocycles. The average molecular weight is 389 g/mol. The summed E-state index contributed by atoms with van der Waals surface area (Å²) in [5.41, 5.74) is 0.426. The first-order chi connectivity index (χ1) is 7.94.